The smallest absolute Gasteiger partial charge is 0.340 e. The summed E-state index contributed by atoms with van der Waals surface area (Å²) in [6, 6.07) is 17.7. The first-order chi connectivity index (χ1) is 13.9. The Labute approximate surface area is 182 Å². The maximum absolute atomic E-state index is 13.2. The highest BCUT2D eigenvalue weighted by Crippen LogP contribution is 2.33. The van der Waals surface area contributed by atoms with Gasteiger partial charge in [-0.15, -0.1) is 11.3 Å². The molecule has 0 radical (unpaired) electrons. The molecule has 1 amide bonds. The van der Waals surface area contributed by atoms with E-state index < -0.39 is 5.97 Å². The van der Waals surface area contributed by atoms with Crippen LogP contribution >= 0.6 is 27.3 Å². The highest BCUT2D eigenvalue weighted by atomic mass is 79.9. The molecule has 1 heterocycles. The summed E-state index contributed by atoms with van der Waals surface area (Å²) >= 11 is 4.74. The van der Waals surface area contributed by atoms with Gasteiger partial charge in [-0.25, -0.2) is 4.79 Å². The van der Waals surface area contributed by atoms with Crippen LogP contribution in [0.25, 0.3) is 0 Å². The molecule has 1 aromatic heterocycles. The number of para-hydroxylation sites is 1. The maximum atomic E-state index is 13.2. The van der Waals surface area contributed by atoms with Gasteiger partial charge in [-0.05, 0) is 72.2 Å². The van der Waals surface area contributed by atoms with Crippen LogP contribution < -0.4 is 9.64 Å². The van der Waals surface area contributed by atoms with Crippen molar-refractivity contribution in [1.82, 2.24) is 0 Å². The second-order valence-corrected chi connectivity index (χ2v) is 8.92. The van der Waals surface area contributed by atoms with E-state index in [1.165, 1.54) is 18.4 Å². The monoisotopic (exact) mass is 473 g/mol. The molecule has 7 heteroatoms. The van der Waals surface area contributed by atoms with Gasteiger partial charge in [0.2, 0.25) is 0 Å². The molecule has 0 spiro atoms. The third-order valence-electron chi connectivity index (χ3n) is 4.13. The fraction of sp³-hybridized carbons (Fsp3) is 0.182. The molecule has 0 bridgehead atoms. The van der Waals surface area contributed by atoms with E-state index in [4.69, 9.17) is 9.47 Å². The molecule has 150 valence electrons. The quantitative estimate of drug-likeness (QED) is 0.403. The second kappa shape index (κ2) is 9.24. The van der Waals surface area contributed by atoms with Crippen LogP contribution in [0.2, 0.25) is 0 Å². The number of hydrogen-bond donors (Lipinski definition) is 0. The number of thiophene rings is 1. The van der Waals surface area contributed by atoms with Crippen molar-refractivity contribution in [3.8, 4) is 11.5 Å². The Kier molecular flexibility index (Phi) is 6.71. The lowest BCUT2D eigenvalue weighted by molar-refractivity contribution is 0.0601. The van der Waals surface area contributed by atoms with Crippen molar-refractivity contribution in [2.75, 3.05) is 12.0 Å². The Hall–Kier alpha value is -2.64. The van der Waals surface area contributed by atoms with Crippen molar-refractivity contribution in [3.05, 3.63) is 74.9 Å². The topological polar surface area (TPSA) is 55.8 Å². The van der Waals surface area contributed by atoms with Gasteiger partial charge in [0.05, 0.1) is 27.0 Å². The molecule has 0 atom stereocenters. The number of nitrogens with zero attached hydrogens (tertiary/aromatic N) is 1. The molecule has 3 rings (SSSR count). The van der Waals surface area contributed by atoms with E-state index in [0.717, 1.165) is 3.79 Å². The second-order valence-electron chi connectivity index (χ2n) is 6.46. The molecule has 0 unspecified atom stereocenters. The summed E-state index contributed by atoms with van der Waals surface area (Å²) in [5, 5.41) is 0. The molecule has 5 nitrogen and oxygen atoms in total. The molecule has 29 heavy (non-hydrogen) atoms. The first-order valence-electron chi connectivity index (χ1n) is 8.95. The lowest BCUT2D eigenvalue weighted by Crippen LogP contribution is -2.37. The van der Waals surface area contributed by atoms with E-state index in [2.05, 4.69) is 15.9 Å². The summed E-state index contributed by atoms with van der Waals surface area (Å²) < 4.78 is 11.7. The van der Waals surface area contributed by atoms with Gasteiger partial charge in [0.15, 0.2) is 0 Å². The molecule has 0 fully saturated rings. The fourth-order valence-corrected chi connectivity index (χ4v) is 4.18. The molecule has 2 aromatic carbocycles. The standard InChI is InChI=1S/C22H20BrNO4S/c1-14(2)24(21(25)19-11-12-20(23)29-19)18-10-9-16(13-17(18)22(26)27-3)28-15-7-5-4-6-8-15/h4-14H,1-3H3. The van der Waals surface area contributed by atoms with Gasteiger partial charge in [0.1, 0.15) is 11.5 Å². The minimum absolute atomic E-state index is 0.173. The maximum Gasteiger partial charge on any atom is 0.340 e. The van der Waals surface area contributed by atoms with Crippen LogP contribution in [0.1, 0.15) is 33.9 Å². The minimum Gasteiger partial charge on any atom is -0.465 e. The average Bonchev–Trinajstić information content (AvgIpc) is 3.15. The number of carbonyl (C=O) groups is 2. The number of benzene rings is 2. The Morgan fingerprint density at radius 2 is 1.72 bits per heavy atom. The molecular weight excluding hydrogens is 454 g/mol. The van der Waals surface area contributed by atoms with Gasteiger partial charge < -0.3 is 14.4 Å². The van der Waals surface area contributed by atoms with E-state index in [1.54, 1.807) is 29.2 Å². The van der Waals surface area contributed by atoms with Crippen LogP contribution in [0.3, 0.4) is 0 Å². The molecule has 0 aliphatic rings. The Balaban J connectivity index is 2.03. The zero-order valence-electron chi connectivity index (χ0n) is 16.2. The zero-order valence-corrected chi connectivity index (χ0v) is 18.6. The summed E-state index contributed by atoms with van der Waals surface area (Å²) in [7, 11) is 1.31. The molecule has 0 aliphatic carbocycles. The number of hydrogen-bond acceptors (Lipinski definition) is 5. The molecule has 3 aromatic rings. The van der Waals surface area contributed by atoms with Crippen LogP contribution in [0.4, 0.5) is 5.69 Å². The third-order valence-corrected chi connectivity index (χ3v) is 5.74. The van der Waals surface area contributed by atoms with Crippen molar-refractivity contribution in [2.24, 2.45) is 0 Å². The average molecular weight is 474 g/mol. The van der Waals surface area contributed by atoms with E-state index in [-0.39, 0.29) is 17.5 Å². The predicted octanol–water partition coefficient (Wildman–Crippen LogP) is 6.14. The number of methoxy groups -OCH3 is 1. The predicted molar refractivity (Wildman–Crippen MR) is 118 cm³/mol. The third kappa shape index (κ3) is 4.86. The van der Waals surface area contributed by atoms with Gasteiger partial charge in [0.25, 0.3) is 5.91 Å². The minimum atomic E-state index is -0.538. The Morgan fingerprint density at radius 1 is 1.00 bits per heavy atom. The van der Waals surface area contributed by atoms with E-state index in [9.17, 15) is 9.59 Å². The number of amides is 1. The largest absolute Gasteiger partial charge is 0.465 e. The Morgan fingerprint density at radius 3 is 2.31 bits per heavy atom. The van der Waals surface area contributed by atoms with Crippen molar-refractivity contribution in [1.29, 1.82) is 0 Å². The van der Waals surface area contributed by atoms with Crippen molar-refractivity contribution in [2.45, 2.75) is 19.9 Å². The van der Waals surface area contributed by atoms with Gasteiger partial charge in [-0.1, -0.05) is 18.2 Å². The van der Waals surface area contributed by atoms with Gasteiger partial charge in [-0.3, -0.25) is 4.79 Å². The summed E-state index contributed by atoms with van der Waals surface area (Å²) in [5.74, 6) is 0.411. The van der Waals surface area contributed by atoms with Crippen LogP contribution in [-0.4, -0.2) is 25.0 Å². The van der Waals surface area contributed by atoms with Crippen molar-refractivity contribution >= 4 is 44.8 Å². The molecule has 0 saturated heterocycles. The van der Waals surface area contributed by atoms with Crippen LogP contribution in [-0.2, 0) is 4.74 Å². The lowest BCUT2D eigenvalue weighted by atomic mass is 10.1. The summed E-state index contributed by atoms with van der Waals surface area (Å²) in [6.07, 6.45) is 0. The van der Waals surface area contributed by atoms with Crippen LogP contribution in [0.5, 0.6) is 11.5 Å². The van der Waals surface area contributed by atoms with Crippen LogP contribution in [0.15, 0.2) is 64.5 Å². The van der Waals surface area contributed by atoms with Gasteiger partial charge >= 0.3 is 5.97 Å². The van der Waals surface area contributed by atoms with Crippen LogP contribution in [0, 0.1) is 0 Å². The number of halogens is 1. The summed E-state index contributed by atoms with van der Waals surface area (Å²) in [6.45, 7) is 3.80. The first kappa shape index (κ1) is 21.1. The lowest BCUT2D eigenvalue weighted by Gasteiger charge is -2.28. The van der Waals surface area contributed by atoms with E-state index >= 15 is 0 Å². The van der Waals surface area contributed by atoms with E-state index in [0.29, 0.717) is 22.1 Å². The summed E-state index contributed by atoms with van der Waals surface area (Å²) in [5.41, 5.74) is 0.736. The van der Waals surface area contributed by atoms with Gasteiger partial charge in [0, 0.05) is 6.04 Å². The highest BCUT2D eigenvalue weighted by Gasteiger charge is 2.27. The van der Waals surface area contributed by atoms with Crippen molar-refractivity contribution in [3.63, 3.8) is 0 Å². The molecular formula is C22H20BrNO4S. The number of ether oxygens (including phenoxy) is 2. The zero-order chi connectivity index (χ0) is 21.0. The molecule has 0 aliphatic heterocycles. The molecule has 0 N–H and O–H groups in total. The van der Waals surface area contributed by atoms with Gasteiger partial charge in [-0.2, -0.15) is 0 Å². The number of anilines is 1. The first-order valence-corrected chi connectivity index (χ1v) is 10.6. The fourth-order valence-electron chi connectivity index (χ4n) is 2.86. The number of carbonyl (C=O) groups excluding carboxylic acids is 2. The number of rotatable bonds is 6. The Bertz CT molecular complexity index is 1020. The normalized spacial score (nSPS) is 10.7. The SMILES string of the molecule is COC(=O)c1cc(Oc2ccccc2)ccc1N(C(=O)c1ccc(Br)s1)C(C)C. The summed E-state index contributed by atoms with van der Waals surface area (Å²) in [4.78, 5) is 27.8. The number of esters is 1. The van der Waals surface area contributed by atoms with Crippen molar-refractivity contribution < 1.29 is 19.1 Å². The van der Waals surface area contributed by atoms with E-state index in [1.807, 2.05) is 50.2 Å². The molecule has 0 saturated carbocycles. The highest BCUT2D eigenvalue weighted by molar-refractivity contribution is 9.11.